The lowest BCUT2D eigenvalue weighted by Crippen LogP contribution is -2.47. The molecule has 4 heteroatoms. The summed E-state index contributed by atoms with van der Waals surface area (Å²) in [6.45, 7) is 0. The first-order valence-corrected chi connectivity index (χ1v) is 22.5. The Morgan fingerprint density at radius 3 is 1.74 bits per heavy atom. The largest absolute Gasteiger partial charge is 0.455 e. The van der Waals surface area contributed by atoms with Crippen LogP contribution in [0.2, 0.25) is 0 Å². The van der Waals surface area contributed by atoms with Crippen LogP contribution >= 0.6 is 0 Å². The fraction of sp³-hybridized carbons (Fsp3) is 0.0164. The Balaban J connectivity index is 1.02. The third-order valence-electron chi connectivity index (χ3n) is 14.2. The molecule has 10 aromatic carbocycles. The summed E-state index contributed by atoms with van der Waals surface area (Å²) in [6.07, 6.45) is 0. The van der Waals surface area contributed by atoms with Crippen LogP contribution in [0.25, 0.3) is 66.4 Å². The van der Waals surface area contributed by atoms with Gasteiger partial charge in [-0.15, -0.1) is 0 Å². The quantitative estimate of drug-likeness (QED) is 0.175. The highest BCUT2D eigenvalue weighted by Gasteiger charge is 2.53. The highest BCUT2D eigenvalue weighted by molar-refractivity contribution is 6.74. The highest BCUT2D eigenvalue weighted by Crippen LogP contribution is 2.63. The van der Waals surface area contributed by atoms with E-state index in [1.807, 2.05) is 0 Å². The second-order valence-electron chi connectivity index (χ2n) is 17.6. The molecule has 1 N–H and O–H groups in total. The average molecular weight is 827 g/mol. The molecule has 1 aliphatic carbocycles. The van der Waals surface area contributed by atoms with Crippen molar-refractivity contribution >= 4 is 68.6 Å². The number of para-hydroxylation sites is 4. The molecule has 14 rings (SSSR count). The van der Waals surface area contributed by atoms with Crippen LogP contribution < -0.4 is 21.1 Å². The first-order valence-electron chi connectivity index (χ1n) is 22.5. The predicted molar refractivity (Wildman–Crippen MR) is 272 cm³/mol. The first kappa shape index (κ1) is 36.2. The Morgan fingerprint density at radius 2 is 1.02 bits per heavy atom. The second kappa shape index (κ2) is 13.8. The molecule has 11 aromatic rings. The number of nitrogens with zero attached hydrogens (tertiary/aromatic N) is 1. The van der Waals surface area contributed by atoms with Crippen molar-refractivity contribution in [2.24, 2.45) is 0 Å². The fourth-order valence-corrected chi connectivity index (χ4v) is 11.6. The van der Waals surface area contributed by atoms with Gasteiger partial charge in [-0.3, -0.25) is 0 Å². The Hall–Kier alpha value is -8.34. The number of nitrogens with one attached hydrogen (secondary N) is 1. The summed E-state index contributed by atoms with van der Waals surface area (Å²) >= 11 is 0. The molecule has 3 heterocycles. The van der Waals surface area contributed by atoms with Gasteiger partial charge in [0.15, 0.2) is 7.28 Å². The van der Waals surface area contributed by atoms with Crippen molar-refractivity contribution in [3.63, 3.8) is 0 Å². The Kier molecular flexibility index (Phi) is 7.70. The third-order valence-corrected chi connectivity index (χ3v) is 14.2. The van der Waals surface area contributed by atoms with E-state index in [4.69, 9.17) is 4.42 Å². The zero-order chi connectivity index (χ0) is 42.6. The maximum atomic E-state index is 7.04. The van der Waals surface area contributed by atoms with Crippen LogP contribution in [0.4, 0.5) is 28.4 Å². The summed E-state index contributed by atoms with van der Waals surface area (Å²) in [5.41, 5.74) is 24.4. The molecule has 302 valence electrons. The monoisotopic (exact) mass is 826 g/mol. The summed E-state index contributed by atoms with van der Waals surface area (Å²) in [6, 6.07) is 82.1. The third kappa shape index (κ3) is 5.14. The van der Waals surface area contributed by atoms with Gasteiger partial charge in [0.05, 0.1) is 11.1 Å². The molecule has 0 saturated heterocycles. The number of hydrogen-bond acceptors (Lipinski definition) is 3. The summed E-state index contributed by atoms with van der Waals surface area (Å²) < 4.78 is 7.04. The molecule has 0 amide bonds. The smallest absolute Gasteiger partial charge is 0.198 e. The van der Waals surface area contributed by atoms with Crippen molar-refractivity contribution in [3.05, 3.63) is 247 Å². The zero-order valence-corrected chi connectivity index (χ0v) is 35.4. The van der Waals surface area contributed by atoms with E-state index in [0.29, 0.717) is 0 Å². The van der Waals surface area contributed by atoms with Crippen LogP contribution in [-0.2, 0) is 5.41 Å². The number of furan rings is 1. The van der Waals surface area contributed by atoms with Gasteiger partial charge in [0, 0.05) is 44.6 Å². The van der Waals surface area contributed by atoms with E-state index in [-0.39, 0.29) is 0 Å². The second-order valence-corrected chi connectivity index (χ2v) is 17.6. The molecule has 1 aromatic heterocycles. The van der Waals surface area contributed by atoms with Gasteiger partial charge in [0.2, 0.25) is 0 Å². The molecule has 0 unspecified atom stereocenters. The van der Waals surface area contributed by atoms with Gasteiger partial charge in [0.1, 0.15) is 11.2 Å². The van der Waals surface area contributed by atoms with E-state index in [2.05, 4.69) is 235 Å². The Morgan fingerprint density at radius 1 is 0.431 bits per heavy atom. The van der Waals surface area contributed by atoms with E-state index in [9.17, 15) is 0 Å². The van der Waals surface area contributed by atoms with Crippen molar-refractivity contribution in [1.29, 1.82) is 0 Å². The fourth-order valence-electron chi connectivity index (χ4n) is 11.6. The molecule has 0 bridgehead atoms. The molecule has 1 spiro atoms. The van der Waals surface area contributed by atoms with E-state index in [0.717, 1.165) is 62.8 Å². The van der Waals surface area contributed by atoms with Crippen LogP contribution in [0.1, 0.15) is 22.3 Å². The van der Waals surface area contributed by atoms with E-state index in [1.54, 1.807) is 0 Å². The van der Waals surface area contributed by atoms with Crippen molar-refractivity contribution in [2.75, 3.05) is 10.2 Å². The average Bonchev–Trinajstić information content (AvgIpc) is 3.89. The standard InChI is InChI=1S/C61H39BN2O/c1-3-18-38(19-4-1)40-34-41(39-20-5-2-6-21-39)36-42(35-40)63-53-31-14-9-25-46(53)57-58-55(37-47-45-24-10-16-33-56(45)65-60(47)57)64-54-32-15-13-28-50(54)61(51-29-17-30-52(62-58)59(51)64)48-26-11-7-22-43(48)44-23-8-12-27-49(44)61/h1-37,62-63H. The van der Waals surface area contributed by atoms with Gasteiger partial charge in [0.25, 0.3) is 0 Å². The number of anilines is 5. The van der Waals surface area contributed by atoms with Gasteiger partial charge in [-0.05, 0) is 104 Å². The van der Waals surface area contributed by atoms with Gasteiger partial charge in [-0.1, -0.05) is 187 Å². The normalized spacial score (nSPS) is 13.4. The minimum absolute atomic E-state index is 0.470. The van der Waals surface area contributed by atoms with Crippen molar-refractivity contribution in [2.45, 2.75) is 5.41 Å². The van der Waals surface area contributed by atoms with Gasteiger partial charge < -0.3 is 14.6 Å². The molecule has 2 aliphatic heterocycles. The number of benzene rings is 10. The first-order chi connectivity index (χ1) is 32.2. The summed E-state index contributed by atoms with van der Waals surface area (Å²) in [5, 5.41) is 6.19. The maximum absolute atomic E-state index is 7.04. The molecular formula is C61H39BN2O. The number of hydrogen-bond donors (Lipinski definition) is 1. The molecule has 3 aliphatic rings. The van der Waals surface area contributed by atoms with Crippen LogP contribution in [0.15, 0.2) is 229 Å². The predicted octanol–water partition coefficient (Wildman–Crippen LogP) is 14.2. The lowest BCUT2D eigenvalue weighted by Gasteiger charge is -2.48. The number of fused-ring (bicyclic) bond motifs is 14. The SMILES string of the molecule is B1c2cccc3c2N(c2ccccc2C32c3ccccc3-c3ccccc32)c2cc3c(oc4ccccc43)c(-c3ccccc3Nc3cc(-c4ccccc4)cc(-c4ccccc4)c3)c21. The van der Waals surface area contributed by atoms with Crippen LogP contribution in [0.5, 0.6) is 0 Å². The molecule has 3 nitrogen and oxygen atoms in total. The lowest BCUT2D eigenvalue weighted by molar-refractivity contribution is 0.670. The maximum Gasteiger partial charge on any atom is 0.198 e. The van der Waals surface area contributed by atoms with Crippen LogP contribution in [0, 0.1) is 0 Å². The van der Waals surface area contributed by atoms with Gasteiger partial charge >= 0.3 is 0 Å². The minimum Gasteiger partial charge on any atom is -0.455 e. The summed E-state index contributed by atoms with van der Waals surface area (Å²) in [4.78, 5) is 2.59. The molecule has 0 saturated carbocycles. The minimum atomic E-state index is -0.470. The molecule has 65 heavy (non-hydrogen) atoms. The zero-order valence-electron chi connectivity index (χ0n) is 35.4. The molecule has 0 radical (unpaired) electrons. The molecule has 0 atom stereocenters. The molecule has 0 fully saturated rings. The Bertz CT molecular complexity index is 3640. The highest BCUT2D eigenvalue weighted by atomic mass is 16.3. The summed E-state index contributed by atoms with van der Waals surface area (Å²) in [7, 11) is 0.745. The number of rotatable bonds is 5. The molecular weight excluding hydrogens is 787 g/mol. The Labute approximate surface area is 378 Å². The lowest BCUT2D eigenvalue weighted by atomic mass is 9.54. The van der Waals surface area contributed by atoms with Gasteiger partial charge in [-0.2, -0.15) is 0 Å². The van der Waals surface area contributed by atoms with Crippen molar-refractivity contribution < 1.29 is 4.42 Å². The van der Waals surface area contributed by atoms with E-state index < -0.39 is 5.41 Å². The van der Waals surface area contributed by atoms with Gasteiger partial charge in [-0.25, -0.2) is 0 Å². The summed E-state index contributed by atoms with van der Waals surface area (Å²) in [5.74, 6) is 0. The van der Waals surface area contributed by atoms with E-state index in [1.165, 1.54) is 72.5 Å². The van der Waals surface area contributed by atoms with Crippen molar-refractivity contribution in [1.82, 2.24) is 0 Å². The van der Waals surface area contributed by atoms with Crippen molar-refractivity contribution in [3.8, 4) is 44.5 Å². The van der Waals surface area contributed by atoms with Crippen LogP contribution in [-0.4, -0.2) is 7.28 Å². The van der Waals surface area contributed by atoms with E-state index >= 15 is 0 Å². The van der Waals surface area contributed by atoms with Crippen LogP contribution in [0.3, 0.4) is 0 Å². The topological polar surface area (TPSA) is 28.4 Å².